The van der Waals surface area contributed by atoms with E-state index in [9.17, 15) is 5.11 Å². The van der Waals surface area contributed by atoms with Crippen LogP contribution in [0.5, 0.6) is 11.5 Å². The van der Waals surface area contributed by atoms with Gasteiger partial charge in [-0.05, 0) is 63.8 Å². The van der Waals surface area contributed by atoms with E-state index in [4.69, 9.17) is 9.47 Å². The van der Waals surface area contributed by atoms with Crippen molar-refractivity contribution in [3.8, 4) is 11.5 Å². The zero-order valence-electron chi connectivity index (χ0n) is 11.7. The highest BCUT2D eigenvalue weighted by Crippen LogP contribution is 2.31. The first-order valence-electron chi connectivity index (χ1n) is 6.23. The van der Waals surface area contributed by atoms with Crippen molar-refractivity contribution in [1.29, 1.82) is 0 Å². The van der Waals surface area contributed by atoms with Gasteiger partial charge in [0.2, 0.25) is 0 Å². The van der Waals surface area contributed by atoms with Crippen LogP contribution in [0.2, 0.25) is 0 Å². The fraction of sp³-hybridized carbons (Fsp3) is 0.250. The van der Waals surface area contributed by atoms with E-state index in [0.717, 1.165) is 32.7 Å². The maximum absolute atomic E-state index is 10.5. The molecule has 0 aliphatic rings. The zero-order valence-corrected chi connectivity index (χ0v) is 13.3. The van der Waals surface area contributed by atoms with Crippen LogP contribution in [0.15, 0.2) is 40.9 Å². The number of aliphatic hydroxyl groups excluding tert-OH is 1. The summed E-state index contributed by atoms with van der Waals surface area (Å²) in [6, 6.07) is 11.2. The maximum Gasteiger partial charge on any atom is 0.133 e. The second-order valence-corrected chi connectivity index (χ2v) is 5.38. The summed E-state index contributed by atoms with van der Waals surface area (Å²) in [6.07, 6.45) is -0.679. The highest BCUT2D eigenvalue weighted by molar-refractivity contribution is 9.10. The Bertz CT molecular complexity index is 557. The van der Waals surface area contributed by atoms with Gasteiger partial charge < -0.3 is 14.6 Å². The van der Waals surface area contributed by atoms with Gasteiger partial charge in [-0.25, -0.2) is 0 Å². The summed E-state index contributed by atoms with van der Waals surface area (Å²) >= 11 is 3.43. The molecule has 0 aliphatic heterocycles. The molecule has 0 saturated heterocycles. The molecule has 2 aromatic carbocycles. The Morgan fingerprint density at radius 3 is 2.00 bits per heavy atom. The van der Waals surface area contributed by atoms with Crippen molar-refractivity contribution in [2.75, 3.05) is 14.2 Å². The molecular formula is C16H17BrO3. The van der Waals surface area contributed by atoms with Crippen molar-refractivity contribution in [2.45, 2.75) is 13.0 Å². The lowest BCUT2D eigenvalue weighted by Gasteiger charge is -2.15. The molecule has 20 heavy (non-hydrogen) atoms. The number of halogens is 1. The molecule has 1 unspecified atom stereocenters. The highest BCUT2D eigenvalue weighted by atomic mass is 79.9. The van der Waals surface area contributed by atoms with Gasteiger partial charge in [-0.2, -0.15) is 0 Å². The summed E-state index contributed by atoms with van der Waals surface area (Å²) < 4.78 is 11.2. The van der Waals surface area contributed by atoms with E-state index in [2.05, 4.69) is 15.9 Å². The molecule has 3 nitrogen and oxygen atoms in total. The van der Waals surface area contributed by atoms with Crippen LogP contribution < -0.4 is 9.47 Å². The van der Waals surface area contributed by atoms with Crippen molar-refractivity contribution in [1.82, 2.24) is 0 Å². The Morgan fingerprint density at radius 2 is 1.50 bits per heavy atom. The summed E-state index contributed by atoms with van der Waals surface area (Å²) in [4.78, 5) is 0. The Morgan fingerprint density at radius 1 is 0.950 bits per heavy atom. The minimum absolute atomic E-state index is 0.679. The SMILES string of the molecule is COc1ccc(C(O)c2ccc(OC)c(Br)c2)cc1C. The normalized spacial score (nSPS) is 12.1. The number of hydrogen-bond donors (Lipinski definition) is 1. The summed E-state index contributed by atoms with van der Waals surface area (Å²) in [5.41, 5.74) is 2.64. The van der Waals surface area contributed by atoms with Crippen molar-refractivity contribution >= 4 is 15.9 Å². The quantitative estimate of drug-likeness (QED) is 0.921. The fourth-order valence-electron chi connectivity index (χ4n) is 2.12. The summed E-state index contributed by atoms with van der Waals surface area (Å²) in [5.74, 6) is 1.56. The molecule has 0 spiro atoms. The van der Waals surface area contributed by atoms with Gasteiger partial charge in [0.15, 0.2) is 0 Å². The van der Waals surface area contributed by atoms with E-state index in [1.807, 2.05) is 43.3 Å². The van der Waals surface area contributed by atoms with E-state index >= 15 is 0 Å². The molecule has 0 aromatic heterocycles. The summed E-state index contributed by atoms with van der Waals surface area (Å²) in [5, 5.41) is 10.5. The molecule has 0 radical (unpaired) electrons. The number of ether oxygens (including phenoxy) is 2. The highest BCUT2D eigenvalue weighted by Gasteiger charge is 2.13. The van der Waals surface area contributed by atoms with Crippen LogP contribution in [-0.4, -0.2) is 19.3 Å². The van der Waals surface area contributed by atoms with Crippen LogP contribution in [0.3, 0.4) is 0 Å². The van der Waals surface area contributed by atoms with E-state index in [0.29, 0.717) is 0 Å². The van der Waals surface area contributed by atoms with Gasteiger partial charge in [-0.1, -0.05) is 12.1 Å². The Kier molecular flexibility index (Phi) is 4.68. The first-order valence-corrected chi connectivity index (χ1v) is 7.02. The van der Waals surface area contributed by atoms with Crippen molar-refractivity contribution in [2.24, 2.45) is 0 Å². The molecule has 0 fully saturated rings. The third kappa shape index (κ3) is 2.97. The van der Waals surface area contributed by atoms with Crippen LogP contribution in [0.1, 0.15) is 22.8 Å². The first-order chi connectivity index (χ1) is 9.56. The molecule has 0 saturated carbocycles. The summed E-state index contributed by atoms with van der Waals surface area (Å²) in [7, 11) is 3.25. The first kappa shape index (κ1) is 14.9. The predicted octanol–water partition coefficient (Wildman–Crippen LogP) is 3.86. The van der Waals surface area contributed by atoms with Gasteiger partial charge in [0.05, 0.1) is 18.7 Å². The lowest BCUT2D eigenvalue weighted by molar-refractivity contribution is 0.220. The van der Waals surface area contributed by atoms with Crippen LogP contribution >= 0.6 is 15.9 Å². The molecule has 2 rings (SSSR count). The van der Waals surface area contributed by atoms with Crippen LogP contribution in [0.4, 0.5) is 0 Å². The monoisotopic (exact) mass is 336 g/mol. The minimum atomic E-state index is -0.679. The Balaban J connectivity index is 2.33. The van der Waals surface area contributed by atoms with Gasteiger partial charge in [-0.15, -0.1) is 0 Å². The average molecular weight is 337 g/mol. The second-order valence-electron chi connectivity index (χ2n) is 4.53. The van der Waals surface area contributed by atoms with Gasteiger partial charge in [0, 0.05) is 0 Å². The molecular weight excluding hydrogens is 320 g/mol. The van der Waals surface area contributed by atoms with Gasteiger partial charge in [0.1, 0.15) is 17.6 Å². The van der Waals surface area contributed by atoms with Crippen molar-refractivity contribution < 1.29 is 14.6 Å². The molecule has 4 heteroatoms. The zero-order chi connectivity index (χ0) is 14.7. The van der Waals surface area contributed by atoms with Crippen molar-refractivity contribution in [3.63, 3.8) is 0 Å². The van der Waals surface area contributed by atoms with Crippen LogP contribution in [0, 0.1) is 6.92 Å². The van der Waals surface area contributed by atoms with Gasteiger partial charge in [-0.3, -0.25) is 0 Å². The minimum Gasteiger partial charge on any atom is -0.496 e. The largest absolute Gasteiger partial charge is 0.496 e. The smallest absolute Gasteiger partial charge is 0.133 e. The number of hydrogen-bond acceptors (Lipinski definition) is 3. The number of aliphatic hydroxyl groups is 1. The molecule has 1 N–H and O–H groups in total. The third-order valence-corrected chi connectivity index (χ3v) is 3.85. The molecule has 0 amide bonds. The van der Waals surface area contributed by atoms with Crippen molar-refractivity contribution in [3.05, 3.63) is 57.6 Å². The number of aryl methyl sites for hydroxylation is 1. The molecule has 0 heterocycles. The predicted molar refractivity (Wildman–Crippen MR) is 82.5 cm³/mol. The maximum atomic E-state index is 10.5. The standard InChI is InChI=1S/C16H17BrO3/c1-10-8-11(4-6-14(10)19-2)16(18)12-5-7-15(20-3)13(17)9-12/h4-9,16,18H,1-3H3. The third-order valence-electron chi connectivity index (χ3n) is 3.23. The lowest BCUT2D eigenvalue weighted by atomic mass is 9.99. The molecule has 0 aliphatic carbocycles. The molecule has 2 aromatic rings. The molecule has 0 bridgehead atoms. The van der Waals surface area contributed by atoms with E-state index in [1.54, 1.807) is 14.2 Å². The van der Waals surface area contributed by atoms with E-state index < -0.39 is 6.10 Å². The fourth-order valence-corrected chi connectivity index (χ4v) is 2.68. The topological polar surface area (TPSA) is 38.7 Å². The number of benzene rings is 2. The Labute approximate surface area is 127 Å². The van der Waals surface area contributed by atoms with Gasteiger partial charge >= 0.3 is 0 Å². The number of methoxy groups -OCH3 is 2. The van der Waals surface area contributed by atoms with E-state index in [-0.39, 0.29) is 0 Å². The number of rotatable bonds is 4. The summed E-state index contributed by atoms with van der Waals surface area (Å²) in [6.45, 7) is 1.96. The average Bonchev–Trinajstić information content (AvgIpc) is 2.46. The molecule has 106 valence electrons. The Hall–Kier alpha value is -1.52. The second kappa shape index (κ2) is 6.29. The van der Waals surface area contributed by atoms with E-state index in [1.165, 1.54) is 0 Å². The van der Waals surface area contributed by atoms with Crippen LogP contribution in [-0.2, 0) is 0 Å². The van der Waals surface area contributed by atoms with Crippen LogP contribution in [0.25, 0.3) is 0 Å². The lowest BCUT2D eigenvalue weighted by Crippen LogP contribution is -2.01. The van der Waals surface area contributed by atoms with Gasteiger partial charge in [0.25, 0.3) is 0 Å². The molecule has 1 atom stereocenters.